The van der Waals surface area contributed by atoms with Gasteiger partial charge in [0.1, 0.15) is 0 Å². The molecule has 2 amide bonds. The molecule has 0 bridgehead atoms. The number of halogens is 1. The molecule has 1 N–H and O–H groups in total. The number of nitrogens with zero attached hydrogens (tertiary/aromatic N) is 2. The Bertz CT molecular complexity index is 910. The van der Waals surface area contributed by atoms with E-state index in [1.54, 1.807) is 47.4 Å². The Labute approximate surface area is 166 Å². The number of nitrogens with one attached hydrogen (secondary N) is 1. The Hall–Kier alpha value is -3.19. The molecule has 0 saturated carbocycles. The molecular formula is C20H18ClN3O4. The van der Waals surface area contributed by atoms with Crippen molar-refractivity contribution in [3.8, 4) is 0 Å². The SMILES string of the molecule is O=C(/C=C\c1ccc([N+](=O)[O-])cc1)NCC1CC(=O)N(c2ccc(Cl)cc2)C1. The van der Waals surface area contributed by atoms with Gasteiger partial charge in [-0.25, -0.2) is 0 Å². The molecule has 1 unspecified atom stereocenters. The summed E-state index contributed by atoms with van der Waals surface area (Å²) < 4.78 is 0. The highest BCUT2D eigenvalue weighted by molar-refractivity contribution is 6.30. The van der Waals surface area contributed by atoms with E-state index in [-0.39, 0.29) is 23.4 Å². The minimum atomic E-state index is -0.476. The average Bonchev–Trinajstić information content (AvgIpc) is 3.06. The van der Waals surface area contributed by atoms with Crippen molar-refractivity contribution in [3.63, 3.8) is 0 Å². The van der Waals surface area contributed by atoms with Crippen molar-refractivity contribution in [2.75, 3.05) is 18.0 Å². The average molecular weight is 400 g/mol. The van der Waals surface area contributed by atoms with Crippen molar-refractivity contribution in [2.45, 2.75) is 6.42 Å². The van der Waals surface area contributed by atoms with E-state index in [1.807, 2.05) is 0 Å². The standard InChI is InChI=1S/C20H18ClN3O4/c21-16-4-8-17(9-5-16)23-13-15(11-20(23)26)12-22-19(25)10-3-14-1-6-18(7-2-14)24(27)28/h1-10,15H,11-13H2,(H,22,25)/b10-3-. The predicted octanol–water partition coefficient (Wildman–Crippen LogP) is 3.43. The number of nitro benzene ring substituents is 1. The maximum Gasteiger partial charge on any atom is 0.269 e. The van der Waals surface area contributed by atoms with E-state index in [2.05, 4.69) is 5.32 Å². The number of nitro groups is 1. The number of rotatable bonds is 6. The summed E-state index contributed by atoms with van der Waals surface area (Å²) in [7, 11) is 0. The highest BCUT2D eigenvalue weighted by Crippen LogP contribution is 2.26. The van der Waals surface area contributed by atoms with Gasteiger partial charge in [0.15, 0.2) is 0 Å². The van der Waals surface area contributed by atoms with Crippen LogP contribution in [0.25, 0.3) is 6.08 Å². The summed E-state index contributed by atoms with van der Waals surface area (Å²) in [6, 6.07) is 13.0. The Kier molecular flexibility index (Phi) is 6.06. The minimum Gasteiger partial charge on any atom is -0.352 e. The van der Waals surface area contributed by atoms with Crippen LogP contribution in [-0.4, -0.2) is 29.8 Å². The predicted molar refractivity (Wildman–Crippen MR) is 107 cm³/mol. The highest BCUT2D eigenvalue weighted by atomic mass is 35.5. The fourth-order valence-corrected chi connectivity index (χ4v) is 3.10. The van der Waals surface area contributed by atoms with Gasteiger partial charge in [0.2, 0.25) is 11.8 Å². The molecule has 1 aliphatic heterocycles. The van der Waals surface area contributed by atoms with Crippen LogP contribution in [0.15, 0.2) is 54.6 Å². The van der Waals surface area contributed by atoms with Crippen LogP contribution in [0, 0.1) is 16.0 Å². The van der Waals surface area contributed by atoms with E-state index in [0.29, 0.717) is 30.1 Å². The molecule has 7 nitrogen and oxygen atoms in total. The summed E-state index contributed by atoms with van der Waals surface area (Å²) in [5, 5.41) is 14.0. The molecule has 2 aromatic rings. The van der Waals surface area contributed by atoms with Gasteiger partial charge in [0.25, 0.3) is 5.69 Å². The molecule has 1 saturated heterocycles. The lowest BCUT2D eigenvalue weighted by Crippen LogP contribution is -2.30. The van der Waals surface area contributed by atoms with E-state index in [4.69, 9.17) is 11.6 Å². The van der Waals surface area contributed by atoms with E-state index < -0.39 is 4.92 Å². The number of carbonyl (C=O) groups is 2. The van der Waals surface area contributed by atoms with Crippen LogP contribution in [0.4, 0.5) is 11.4 Å². The topological polar surface area (TPSA) is 92.5 Å². The van der Waals surface area contributed by atoms with Crippen LogP contribution >= 0.6 is 11.6 Å². The first kappa shape index (κ1) is 19.6. The fraction of sp³-hybridized carbons (Fsp3) is 0.200. The number of anilines is 1. The molecular weight excluding hydrogens is 382 g/mol. The van der Waals surface area contributed by atoms with Crippen molar-refractivity contribution >= 4 is 40.9 Å². The van der Waals surface area contributed by atoms with Crippen LogP contribution in [0.2, 0.25) is 5.02 Å². The Balaban J connectivity index is 1.50. The number of non-ortho nitro benzene ring substituents is 1. The molecule has 28 heavy (non-hydrogen) atoms. The lowest BCUT2D eigenvalue weighted by atomic mass is 10.1. The first-order chi connectivity index (χ1) is 13.4. The maximum absolute atomic E-state index is 12.2. The number of benzene rings is 2. The number of hydrogen-bond acceptors (Lipinski definition) is 4. The van der Waals surface area contributed by atoms with Crippen LogP contribution in [0.5, 0.6) is 0 Å². The Morgan fingerprint density at radius 3 is 2.54 bits per heavy atom. The summed E-state index contributed by atoms with van der Waals surface area (Å²) in [5.74, 6) is -0.237. The summed E-state index contributed by atoms with van der Waals surface area (Å²) in [5.41, 5.74) is 1.48. The number of amides is 2. The molecule has 0 aromatic heterocycles. The first-order valence-electron chi connectivity index (χ1n) is 8.68. The van der Waals surface area contributed by atoms with Crippen molar-refractivity contribution < 1.29 is 14.5 Å². The number of hydrogen-bond donors (Lipinski definition) is 1. The van der Waals surface area contributed by atoms with Crippen LogP contribution in [-0.2, 0) is 9.59 Å². The first-order valence-corrected chi connectivity index (χ1v) is 9.06. The molecule has 0 aliphatic carbocycles. The lowest BCUT2D eigenvalue weighted by molar-refractivity contribution is -0.384. The lowest BCUT2D eigenvalue weighted by Gasteiger charge is -2.17. The summed E-state index contributed by atoms with van der Waals surface area (Å²) in [6.45, 7) is 0.923. The third-order valence-electron chi connectivity index (χ3n) is 4.44. The largest absolute Gasteiger partial charge is 0.352 e. The van der Waals surface area contributed by atoms with Crippen molar-refractivity contribution in [2.24, 2.45) is 5.92 Å². The second-order valence-corrected chi connectivity index (χ2v) is 6.91. The van der Waals surface area contributed by atoms with Gasteiger partial charge < -0.3 is 10.2 Å². The second kappa shape index (κ2) is 8.67. The molecule has 0 spiro atoms. The third kappa shape index (κ3) is 4.95. The fourth-order valence-electron chi connectivity index (χ4n) is 2.97. The quantitative estimate of drug-likeness (QED) is 0.457. The molecule has 0 radical (unpaired) electrons. The van der Waals surface area contributed by atoms with E-state index in [9.17, 15) is 19.7 Å². The normalized spacial score (nSPS) is 16.5. The van der Waals surface area contributed by atoms with E-state index in [0.717, 1.165) is 5.69 Å². The molecule has 1 heterocycles. The van der Waals surface area contributed by atoms with Gasteiger partial charge in [-0.3, -0.25) is 19.7 Å². The van der Waals surface area contributed by atoms with E-state index >= 15 is 0 Å². The molecule has 3 rings (SSSR count). The zero-order valence-corrected chi connectivity index (χ0v) is 15.6. The van der Waals surface area contributed by atoms with Gasteiger partial charge in [0, 0.05) is 54.3 Å². The molecule has 1 aliphatic rings. The Morgan fingerprint density at radius 1 is 1.21 bits per heavy atom. The zero-order valence-electron chi connectivity index (χ0n) is 14.9. The summed E-state index contributed by atoms with van der Waals surface area (Å²) >= 11 is 5.88. The van der Waals surface area contributed by atoms with Gasteiger partial charge in [-0.15, -0.1) is 0 Å². The molecule has 2 aromatic carbocycles. The molecule has 8 heteroatoms. The van der Waals surface area contributed by atoms with Gasteiger partial charge in [0.05, 0.1) is 4.92 Å². The van der Waals surface area contributed by atoms with Crippen LogP contribution in [0.1, 0.15) is 12.0 Å². The molecule has 1 fully saturated rings. The third-order valence-corrected chi connectivity index (χ3v) is 4.69. The van der Waals surface area contributed by atoms with Gasteiger partial charge in [-0.1, -0.05) is 11.6 Å². The highest BCUT2D eigenvalue weighted by Gasteiger charge is 2.30. The number of carbonyl (C=O) groups excluding carboxylic acids is 2. The van der Waals surface area contributed by atoms with Crippen molar-refractivity contribution in [1.29, 1.82) is 0 Å². The smallest absolute Gasteiger partial charge is 0.269 e. The van der Waals surface area contributed by atoms with Crippen LogP contribution in [0.3, 0.4) is 0 Å². The van der Waals surface area contributed by atoms with Crippen molar-refractivity contribution in [3.05, 3.63) is 75.3 Å². The van der Waals surface area contributed by atoms with Gasteiger partial charge in [-0.05, 0) is 48.0 Å². The van der Waals surface area contributed by atoms with Gasteiger partial charge in [-0.2, -0.15) is 0 Å². The molecule has 144 valence electrons. The van der Waals surface area contributed by atoms with E-state index in [1.165, 1.54) is 18.2 Å². The minimum absolute atomic E-state index is 0.00209. The second-order valence-electron chi connectivity index (χ2n) is 6.48. The zero-order chi connectivity index (χ0) is 20.1. The summed E-state index contributed by atoms with van der Waals surface area (Å²) in [6.07, 6.45) is 3.32. The molecule has 1 atom stereocenters. The van der Waals surface area contributed by atoms with Crippen LogP contribution < -0.4 is 10.2 Å². The van der Waals surface area contributed by atoms with Gasteiger partial charge >= 0.3 is 0 Å². The van der Waals surface area contributed by atoms with Crippen molar-refractivity contribution in [1.82, 2.24) is 5.32 Å². The maximum atomic E-state index is 12.2. The monoisotopic (exact) mass is 399 g/mol. The summed E-state index contributed by atoms with van der Waals surface area (Å²) in [4.78, 5) is 36.1. The Morgan fingerprint density at radius 2 is 1.89 bits per heavy atom.